The number of aromatic amines is 1. The van der Waals surface area contributed by atoms with Crippen LogP contribution in [0.4, 0.5) is 0 Å². The maximum absolute atomic E-state index is 13.0. The summed E-state index contributed by atoms with van der Waals surface area (Å²) in [5.74, 6) is 0. The fourth-order valence-electron chi connectivity index (χ4n) is 2.77. The molecule has 0 bridgehead atoms. The molecule has 2 heterocycles. The summed E-state index contributed by atoms with van der Waals surface area (Å²) in [5, 5.41) is 0.521. The van der Waals surface area contributed by atoms with Crippen molar-refractivity contribution in [1.82, 2.24) is 14.0 Å². The van der Waals surface area contributed by atoms with Gasteiger partial charge in [0.1, 0.15) is 5.52 Å². The molecule has 0 saturated heterocycles. The van der Waals surface area contributed by atoms with Crippen molar-refractivity contribution in [3.63, 3.8) is 0 Å². The van der Waals surface area contributed by atoms with E-state index in [1.54, 1.807) is 24.3 Å². The lowest BCUT2D eigenvalue weighted by Gasteiger charge is -2.10. The van der Waals surface area contributed by atoms with Crippen molar-refractivity contribution in [2.24, 2.45) is 0 Å². The summed E-state index contributed by atoms with van der Waals surface area (Å²) < 4.78 is 2.15. The summed E-state index contributed by atoms with van der Waals surface area (Å²) in [6, 6.07) is 12.4. The van der Waals surface area contributed by atoms with Crippen LogP contribution in [0.3, 0.4) is 0 Å². The minimum Gasteiger partial charge on any atom is -0.319 e. The van der Waals surface area contributed by atoms with E-state index in [2.05, 4.69) is 4.98 Å². The molecule has 0 amide bonds. The molecule has 0 aliphatic carbocycles. The molecule has 1 N–H and O–H groups in total. The molecule has 2 aromatic carbocycles. The van der Waals surface area contributed by atoms with E-state index >= 15 is 0 Å². The highest BCUT2D eigenvalue weighted by Crippen LogP contribution is 2.23. The summed E-state index contributed by atoms with van der Waals surface area (Å²) in [6.07, 6.45) is 0. The molecule has 2 aromatic heterocycles. The normalized spacial score (nSPS) is 11.3. The van der Waals surface area contributed by atoms with Crippen molar-refractivity contribution in [1.29, 1.82) is 0 Å². The van der Waals surface area contributed by atoms with Gasteiger partial charge in [-0.15, -0.1) is 0 Å². The smallest absolute Gasteiger partial charge is 0.319 e. The Balaban J connectivity index is 2.22. The molecular formula is C17H9Cl2N3O3. The van der Waals surface area contributed by atoms with E-state index in [0.29, 0.717) is 16.1 Å². The van der Waals surface area contributed by atoms with Gasteiger partial charge in [0.15, 0.2) is 0 Å². The molecule has 0 aliphatic rings. The molecule has 6 nitrogen and oxygen atoms in total. The monoisotopic (exact) mass is 373 g/mol. The van der Waals surface area contributed by atoms with E-state index in [1.165, 1.54) is 22.6 Å². The van der Waals surface area contributed by atoms with E-state index in [4.69, 9.17) is 23.2 Å². The third-order valence-electron chi connectivity index (χ3n) is 3.89. The van der Waals surface area contributed by atoms with Crippen LogP contribution < -0.4 is 16.8 Å². The Labute approximate surface area is 149 Å². The van der Waals surface area contributed by atoms with Crippen molar-refractivity contribution in [3.8, 4) is 5.69 Å². The van der Waals surface area contributed by atoms with Gasteiger partial charge in [0.05, 0.1) is 26.8 Å². The second-order valence-electron chi connectivity index (χ2n) is 5.39. The van der Waals surface area contributed by atoms with Crippen LogP contribution in [0.5, 0.6) is 0 Å². The van der Waals surface area contributed by atoms with Gasteiger partial charge in [0, 0.05) is 6.07 Å². The first kappa shape index (κ1) is 15.7. The number of H-pyrrole nitrogens is 1. The van der Waals surface area contributed by atoms with Crippen LogP contribution in [0.1, 0.15) is 0 Å². The number of nitrogens with zero attached hydrogens (tertiary/aromatic N) is 2. The molecule has 0 spiro atoms. The number of rotatable bonds is 1. The van der Waals surface area contributed by atoms with E-state index in [0.717, 1.165) is 10.6 Å². The van der Waals surface area contributed by atoms with Gasteiger partial charge in [0.25, 0.3) is 11.1 Å². The minimum atomic E-state index is -0.664. The fourth-order valence-corrected chi connectivity index (χ4v) is 3.06. The zero-order valence-electron chi connectivity index (χ0n) is 12.5. The van der Waals surface area contributed by atoms with Gasteiger partial charge in [-0.3, -0.25) is 14.0 Å². The van der Waals surface area contributed by atoms with Crippen LogP contribution in [-0.2, 0) is 0 Å². The quantitative estimate of drug-likeness (QED) is 0.521. The highest BCUT2D eigenvalue weighted by Gasteiger charge is 2.14. The second-order valence-corrected chi connectivity index (χ2v) is 6.21. The topological polar surface area (TPSA) is 76.3 Å². The zero-order chi connectivity index (χ0) is 17.7. The Bertz CT molecular complexity index is 1340. The van der Waals surface area contributed by atoms with Crippen molar-refractivity contribution in [2.75, 3.05) is 0 Å². The molecule has 0 aliphatic heterocycles. The molecule has 8 heteroatoms. The predicted octanol–water partition coefficient (Wildman–Crippen LogP) is 2.60. The standard InChI is InChI=1S/C17H9Cl2N3O3/c18-10-6-5-9(7-11(10)19)21-15(23)8-14-16(24)20-12-3-1-2-4-13(12)22(14)17(21)25/h1-8H,(H,20,24). The van der Waals surface area contributed by atoms with E-state index < -0.39 is 16.8 Å². The molecule has 0 unspecified atom stereocenters. The summed E-state index contributed by atoms with van der Waals surface area (Å²) in [4.78, 5) is 40.4. The van der Waals surface area contributed by atoms with Crippen molar-refractivity contribution < 1.29 is 0 Å². The average Bonchev–Trinajstić information content (AvgIpc) is 2.58. The van der Waals surface area contributed by atoms with Crippen molar-refractivity contribution >= 4 is 39.8 Å². The number of benzene rings is 2. The number of aromatic nitrogens is 3. The SMILES string of the molecule is O=c1[nH]c2ccccc2n2c(=O)n(-c3ccc(Cl)c(Cl)c3)c(=O)cc12. The largest absolute Gasteiger partial charge is 0.340 e. The van der Waals surface area contributed by atoms with Gasteiger partial charge in [-0.25, -0.2) is 9.36 Å². The van der Waals surface area contributed by atoms with Crippen molar-refractivity contribution in [3.05, 3.63) is 89.8 Å². The number of hydrogen-bond donors (Lipinski definition) is 1. The number of fused-ring (bicyclic) bond motifs is 3. The number of para-hydroxylation sites is 2. The number of nitrogens with one attached hydrogen (secondary N) is 1. The molecule has 0 fully saturated rings. The lowest BCUT2D eigenvalue weighted by molar-refractivity contribution is 0.853. The molecule has 0 radical (unpaired) electrons. The van der Waals surface area contributed by atoms with Crippen LogP contribution >= 0.6 is 23.2 Å². The maximum atomic E-state index is 13.0. The zero-order valence-corrected chi connectivity index (χ0v) is 14.0. The first-order valence-electron chi connectivity index (χ1n) is 7.22. The van der Waals surface area contributed by atoms with Crippen LogP contribution in [0.25, 0.3) is 22.2 Å². The van der Waals surface area contributed by atoms with Gasteiger partial charge in [-0.1, -0.05) is 35.3 Å². The second kappa shape index (κ2) is 5.61. The van der Waals surface area contributed by atoms with Crippen LogP contribution in [0.2, 0.25) is 10.0 Å². The van der Waals surface area contributed by atoms with Gasteiger partial charge >= 0.3 is 5.69 Å². The summed E-state index contributed by atoms with van der Waals surface area (Å²) in [7, 11) is 0. The summed E-state index contributed by atoms with van der Waals surface area (Å²) >= 11 is 11.9. The van der Waals surface area contributed by atoms with Gasteiger partial charge in [-0.05, 0) is 30.3 Å². The van der Waals surface area contributed by atoms with E-state index in [9.17, 15) is 14.4 Å². The van der Waals surface area contributed by atoms with Gasteiger partial charge < -0.3 is 4.98 Å². The number of hydrogen-bond acceptors (Lipinski definition) is 3. The molecule has 0 saturated carbocycles. The maximum Gasteiger partial charge on any atom is 0.340 e. The summed E-state index contributed by atoms with van der Waals surface area (Å²) in [5.41, 5.74) is -0.605. The molecule has 4 rings (SSSR count). The molecule has 4 aromatic rings. The van der Waals surface area contributed by atoms with Crippen LogP contribution in [-0.4, -0.2) is 14.0 Å². The first-order chi connectivity index (χ1) is 12.0. The molecule has 0 atom stereocenters. The highest BCUT2D eigenvalue weighted by atomic mass is 35.5. The lowest BCUT2D eigenvalue weighted by Crippen LogP contribution is -2.38. The minimum absolute atomic E-state index is 0.0231. The lowest BCUT2D eigenvalue weighted by atomic mass is 10.3. The first-order valence-corrected chi connectivity index (χ1v) is 7.98. The third-order valence-corrected chi connectivity index (χ3v) is 4.63. The van der Waals surface area contributed by atoms with Crippen molar-refractivity contribution in [2.45, 2.75) is 0 Å². The fraction of sp³-hybridized carbons (Fsp3) is 0. The average molecular weight is 374 g/mol. The third kappa shape index (κ3) is 2.38. The Hall–Kier alpha value is -2.83. The molecule has 25 heavy (non-hydrogen) atoms. The van der Waals surface area contributed by atoms with Crippen LogP contribution in [0, 0.1) is 0 Å². The van der Waals surface area contributed by atoms with Gasteiger partial charge in [0.2, 0.25) is 0 Å². The molecular weight excluding hydrogens is 365 g/mol. The highest BCUT2D eigenvalue weighted by molar-refractivity contribution is 6.42. The molecule has 124 valence electrons. The number of halogens is 2. The van der Waals surface area contributed by atoms with E-state index in [-0.39, 0.29) is 16.2 Å². The Morgan fingerprint density at radius 1 is 0.840 bits per heavy atom. The van der Waals surface area contributed by atoms with Gasteiger partial charge in [-0.2, -0.15) is 0 Å². The van der Waals surface area contributed by atoms with E-state index in [1.807, 2.05) is 0 Å². The Kier molecular flexibility index (Phi) is 3.52. The Morgan fingerprint density at radius 2 is 1.60 bits per heavy atom. The summed E-state index contributed by atoms with van der Waals surface area (Å²) in [6.45, 7) is 0. The predicted molar refractivity (Wildman–Crippen MR) is 97.4 cm³/mol. The Morgan fingerprint density at radius 3 is 2.36 bits per heavy atom. The van der Waals surface area contributed by atoms with Crippen LogP contribution in [0.15, 0.2) is 62.9 Å².